The van der Waals surface area contributed by atoms with E-state index < -0.39 is 0 Å². The Hall–Kier alpha value is -0.780. The molecule has 1 saturated carbocycles. The van der Waals surface area contributed by atoms with E-state index in [-0.39, 0.29) is 24.0 Å². The maximum atomic E-state index is 4.66. The fraction of sp³-hybridized carbons (Fsp3) is 0.588. The molecule has 1 aromatic carbocycles. The van der Waals surface area contributed by atoms with Gasteiger partial charge in [0.25, 0.3) is 0 Å². The van der Waals surface area contributed by atoms with Crippen molar-refractivity contribution in [2.45, 2.75) is 46.1 Å². The zero-order chi connectivity index (χ0) is 14.4. The minimum Gasteiger partial charge on any atom is -0.357 e. The molecule has 0 bridgehead atoms. The second-order valence-electron chi connectivity index (χ2n) is 5.64. The Labute approximate surface area is 146 Å². The number of nitrogens with one attached hydrogen (secondary N) is 2. The van der Waals surface area contributed by atoms with Gasteiger partial charge in [-0.1, -0.05) is 38.1 Å². The molecule has 2 atom stereocenters. The summed E-state index contributed by atoms with van der Waals surface area (Å²) in [5, 5.41) is 6.80. The number of hydrogen-bond donors (Lipinski definition) is 2. The van der Waals surface area contributed by atoms with Crippen LogP contribution in [-0.2, 0) is 12.8 Å². The van der Waals surface area contributed by atoms with Crippen molar-refractivity contribution in [3.05, 3.63) is 35.4 Å². The third kappa shape index (κ3) is 6.24. The molecule has 0 aliphatic heterocycles. The van der Waals surface area contributed by atoms with Crippen LogP contribution in [0.4, 0.5) is 0 Å². The van der Waals surface area contributed by atoms with E-state index in [2.05, 4.69) is 60.7 Å². The molecule has 2 rings (SSSR count). The van der Waals surface area contributed by atoms with Crippen LogP contribution in [-0.4, -0.2) is 25.1 Å². The summed E-state index contributed by atoms with van der Waals surface area (Å²) < 4.78 is 0. The first-order valence-corrected chi connectivity index (χ1v) is 7.85. The number of nitrogens with zero attached hydrogens (tertiary/aromatic N) is 1. The van der Waals surface area contributed by atoms with Crippen molar-refractivity contribution in [3.8, 4) is 0 Å². The molecule has 2 N–H and O–H groups in total. The molecule has 0 radical (unpaired) electrons. The molecular weight excluding hydrogens is 373 g/mol. The average Bonchev–Trinajstić information content (AvgIpc) is 3.15. The molecule has 4 heteroatoms. The van der Waals surface area contributed by atoms with Crippen molar-refractivity contribution in [2.24, 2.45) is 10.9 Å². The van der Waals surface area contributed by atoms with Crippen molar-refractivity contribution in [1.82, 2.24) is 10.6 Å². The molecule has 1 aromatic rings. The van der Waals surface area contributed by atoms with Gasteiger partial charge in [-0.15, -0.1) is 24.0 Å². The van der Waals surface area contributed by atoms with Gasteiger partial charge in [-0.2, -0.15) is 0 Å². The van der Waals surface area contributed by atoms with Gasteiger partial charge in [-0.3, -0.25) is 4.99 Å². The van der Waals surface area contributed by atoms with E-state index in [1.807, 2.05) is 0 Å². The topological polar surface area (TPSA) is 36.4 Å². The molecule has 0 saturated heterocycles. The van der Waals surface area contributed by atoms with Gasteiger partial charge in [0.15, 0.2) is 5.96 Å². The summed E-state index contributed by atoms with van der Waals surface area (Å²) in [7, 11) is 0. The van der Waals surface area contributed by atoms with Gasteiger partial charge >= 0.3 is 0 Å². The first-order valence-electron chi connectivity index (χ1n) is 7.85. The van der Waals surface area contributed by atoms with Crippen LogP contribution in [0.1, 0.15) is 38.3 Å². The van der Waals surface area contributed by atoms with Crippen molar-refractivity contribution >= 4 is 29.9 Å². The lowest BCUT2D eigenvalue weighted by Crippen LogP contribution is -2.39. The van der Waals surface area contributed by atoms with Crippen molar-refractivity contribution in [2.75, 3.05) is 13.1 Å². The van der Waals surface area contributed by atoms with E-state index in [4.69, 9.17) is 0 Å². The molecule has 3 nitrogen and oxygen atoms in total. The first-order chi connectivity index (χ1) is 9.72. The molecule has 2 unspecified atom stereocenters. The summed E-state index contributed by atoms with van der Waals surface area (Å²) in [6, 6.07) is 9.49. The Morgan fingerprint density at radius 3 is 2.33 bits per heavy atom. The standard InChI is InChI=1S/C17H27N3.HI/c1-4-14-6-8-15(9-7-14)10-11-19-17(18-5-2)20-16-12-13(16)3;/h6-9,13,16H,4-5,10-12H2,1-3H3,(H2,18,19,20);1H. The number of aliphatic imine (C=N–C) groups is 1. The summed E-state index contributed by atoms with van der Waals surface area (Å²) in [4.78, 5) is 4.66. The quantitative estimate of drug-likeness (QED) is 0.436. The molecule has 21 heavy (non-hydrogen) atoms. The number of benzene rings is 1. The predicted octanol–water partition coefficient (Wildman–Crippen LogP) is 3.37. The molecule has 1 aliphatic carbocycles. The highest BCUT2D eigenvalue weighted by Crippen LogP contribution is 2.28. The molecular formula is C17H28IN3. The van der Waals surface area contributed by atoms with Crippen molar-refractivity contribution < 1.29 is 0 Å². The van der Waals surface area contributed by atoms with E-state index >= 15 is 0 Å². The number of aryl methyl sites for hydroxylation is 1. The third-order valence-corrected chi connectivity index (χ3v) is 3.88. The number of hydrogen-bond acceptors (Lipinski definition) is 1. The minimum atomic E-state index is 0. The second-order valence-corrected chi connectivity index (χ2v) is 5.64. The van der Waals surface area contributed by atoms with Crippen LogP contribution in [0.3, 0.4) is 0 Å². The lowest BCUT2D eigenvalue weighted by molar-refractivity contribution is 0.765. The maximum Gasteiger partial charge on any atom is 0.191 e. The van der Waals surface area contributed by atoms with Gasteiger partial charge in [-0.25, -0.2) is 0 Å². The highest BCUT2D eigenvalue weighted by Gasteiger charge is 2.33. The van der Waals surface area contributed by atoms with E-state index in [0.29, 0.717) is 6.04 Å². The fourth-order valence-corrected chi connectivity index (χ4v) is 2.26. The lowest BCUT2D eigenvalue weighted by atomic mass is 10.1. The first kappa shape index (κ1) is 18.3. The SMILES string of the molecule is CCNC(=NCCc1ccc(CC)cc1)NC1CC1C.I. The summed E-state index contributed by atoms with van der Waals surface area (Å²) in [6.45, 7) is 8.32. The number of guanidine groups is 1. The van der Waals surface area contributed by atoms with Crippen molar-refractivity contribution in [3.63, 3.8) is 0 Å². The molecule has 0 aromatic heterocycles. The largest absolute Gasteiger partial charge is 0.357 e. The highest BCUT2D eigenvalue weighted by atomic mass is 127. The molecule has 0 spiro atoms. The summed E-state index contributed by atoms with van der Waals surface area (Å²) in [6.07, 6.45) is 3.37. The molecule has 0 heterocycles. The molecule has 118 valence electrons. The fourth-order valence-electron chi connectivity index (χ4n) is 2.26. The summed E-state index contributed by atoms with van der Waals surface area (Å²) >= 11 is 0. The van der Waals surface area contributed by atoms with Crippen molar-refractivity contribution in [1.29, 1.82) is 0 Å². The molecule has 0 amide bonds. The Kier molecular flexibility index (Phi) is 8.07. The van der Waals surface area contributed by atoms with Gasteiger partial charge < -0.3 is 10.6 Å². The van der Waals surface area contributed by atoms with E-state index in [9.17, 15) is 0 Å². The van der Waals surface area contributed by atoms with Crippen LogP contribution in [0.15, 0.2) is 29.3 Å². The van der Waals surface area contributed by atoms with Gasteiger partial charge in [0, 0.05) is 19.1 Å². The van der Waals surface area contributed by atoms with Gasteiger partial charge in [0.2, 0.25) is 0 Å². The second kappa shape index (κ2) is 9.28. The Balaban J connectivity index is 0.00000220. The maximum absolute atomic E-state index is 4.66. The van der Waals surface area contributed by atoms with E-state index in [1.165, 1.54) is 17.5 Å². The Morgan fingerprint density at radius 1 is 1.19 bits per heavy atom. The zero-order valence-electron chi connectivity index (χ0n) is 13.4. The van der Waals surface area contributed by atoms with Crippen LogP contribution < -0.4 is 10.6 Å². The lowest BCUT2D eigenvalue weighted by Gasteiger charge is -2.10. The van der Waals surface area contributed by atoms with Crippen LogP contribution in [0.5, 0.6) is 0 Å². The van der Waals surface area contributed by atoms with Crippen LogP contribution in [0, 0.1) is 5.92 Å². The Morgan fingerprint density at radius 2 is 1.81 bits per heavy atom. The summed E-state index contributed by atoms with van der Waals surface area (Å²) in [5.41, 5.74) is 2.76. The van der Waals surface area contributed by atoms with Gasteiger partial charge in [0.1, 0.15) is 0 Å². The normalized spacial score (nSPS) is 20.6. The minimum absolute atomic E-state index is 0. The molecule has 1 fully saturated rings. The predicted molar refractivity (Wildman–Crippen MR) is 102 cm³/mol. The number of halogens is 1. The molecule has 1 aliphatic rings. The van der Waals surface area contributed by atoms with Gasteiger partial charge in [-0.05, 0) is 43.2 Å². The van der Waals surface area contributed by atoms with Crippen LogP contribution in [0.2, 0.25) is 0 Å². The van der Waals surface area contributed by atoms with Crippen LogP contribution in [0.25, 0.3) is 0 Å². The Bertz CT molecular complexity index is 442. The third-order valence-electron chi connectivity index (χ3n) is 3.88. The monoisotopic (exact) mass is 401 g/mol. The summed E-state index contributed by atoms with van der Waals surface area (Å²) in [5.74, 6) is 1.76. The smallest absolute Gasteiger partial charge is 0.191 e. The van der Waals surface area contributed by atoms with E-state index in [1.54, 1.807) is 0 Å². The zero-order valence-corrected chi connectivity index (χ0v) is 15.7. The average molecular weight is 401 g/mol. The van der Waals surface area contributed by atoms with Crippen LogP contribution >= 0.6 is 24.0 Å². The van der Waals surface area contributed by atoms with E-state index in [0.717, 1.165) is 37.8 Å². The van der Waals surface area contributed by atoms with Gasteiger partial charge in [0.05, 0.1) is 0 Å². The highest BCUT2D eigenvalue weighted by molar-refractivity contribution is 14.0. The number of rotatable bonds is 6.